The van der Waals surface area contributed by atoms with Crippen LogP contribution in [0.25, 0.3) is 0 Å². The molecule has 3 nitrogen and oxygen atoms in total. The highest BCUT2D eigenvalue weighted by atomic mass is 16.5. The molecule has 2 rings (SSSR count). The van der Waals surface area contributed by atoms with Gasteiger partial charge < -0.3 is 9.84 Å². The summed E-state index contributed by atoms with van der Waals surface area (Å²) in [5, 5.41) is 9.25. The second-order valence-corrected chi connectivity index (χ2v) is 3.50. The molecule has 1 aromatic rings. The molecule has 0 atom stereocenters. The molecule has 1 aromatic heterocycles. The summed E-state index contributed by atoms with van der Waals surface area (Å²) in [4.78, 5) is 4.12. The quantitative estimate of drug-likeness (QED) is 0.755. The summed E-state index contributed by atoms with van der Waals surface area (Å²) in [6, 6.07) is 3.86. The van der Waals surface area contributed by atoms with Crippen LogP contribution in [0.15, 0.2) is 18.3 Å². The van der Waals surface area contributed by atoms with Gasteiger partial charge in [0.05, 0.1) is 13.7 Å². The fourth-order valence-corrected chi connectivity index (χ4v) is 1.62. The number of aliphatic hydroxyl groups is 1. The third-order valence-corrected chi connectivity index (χ3v) is 2.69. The topological polar surface area (TPSA) is 42.4 Å². The zero-order valence-electron chi connectivity index (χ0n) is 7.66. The van der Waals surface area contributed by atoms with E-state index in [0.717, 1.165) is 18.4 Å². The van der Waals surface area contributed by atoms with Gasteiger partial charge in [-0.05, 0) is 18.9 Å². The largest absolute Gasteiger partial charge is 0.481 e. The minimum absolute atomic E-state index is 0.0559. The second kappa shape index (κ2) is 3.00. The van der Waals surface area contributed by atoms with Crippen molar-refractivity contribution in [3.63, 3.8) is 0 Å². The van der Waals surface area contributed by atoms with Gasteiger partial charge in [-0.25, -0.2) is 4.98 Å². The zero-order valence-corrected chi connectivity index (χ0v) is 7.66. The molecule has 13 heavy (non-hydrogen) atoms. The van der Waals surface area contributed by atoms with E-state index in [0.29, 0.717) is 5.88 Å². The summed E-state index contributed by atoms with van der Waals surface area (Å²) in [6.45, 7) is 0.190. The Morgan fingerprint density at radius 1 is 1.62 bits per heavy atom. The molecule has 1 N–H and O–H groups in total. The van der Waals surface area contributed by atoms with Crippen LogP contribution in [0.3, 0.4) is 0 Å². The summed E-state index contributed by atoms with van der Waals surface area (Å²) < 4.78 is 5.15. The highest BCUT2D eigenvalue weighted by Gasteiger charge is 2.45. The number of methoxy groups -OCH3 is 1. The number of hydrogen-bond donors (Lipinski definition) is 1. The van der Waals surface area contributed by atoms with E-state index in [9.17, 15) is 5.11 Å². The smallest absolute Gasteiger partial charge is 0.216 e. The number of aromatic nitrogens is 1. The maximum atomic E-state index is 9.25. The maximum absolute atomic E-state index is 9.25. The normalized spacial score (nSPS) is 18.3. The summed E-state index contributed by atoms with van der Waals surface area (Å²) in [6.07, 6.45) is 3.77. The molecule has 0 aromatic carbocycles. The van der Waals surface area contributed by atoms with E-state index in [1.54, 1.807) is 13.3 Å². The molecular weight excluding hydrogens is 166 g/mol. The fraction of sp³-hybridized carbons (Fsp3) is 0.500. The van der Waals surface area contributed by atoms with E-state index in [4.69, 9.17) is 4.74 Å². The molecule has 70 valence electrons. The second-order valence-electron chi connectivity index (χ2n) is 3.50. The highest BCUT2D eigenvalue weighted by Crippen LogP contribution is 2.50. The molecule has 3 heteroatoms. The molecule has 0 bridgehead atoms. The predicted molar refractivity (Wildman–Crippen MR) is 48.8 cm³/mol. The first-order valence-corrected chi connectivity index (χ1v) is 4.43. The van der Waals surface area contributed by atoms with Crippen molar-refractivity contribution in [3.8, 4) is 5.88 Å². The highest BCUT2D eigenvalue weighted by molar-refractivity contribution is 5.38. The van der Waals surface area contributed by atoms with Crippen molar-refractivity contribution in [3.05, 3.63) is 23.9 Å². The van der Waals surface area contributed by atoms with Gasteiger partial charge in [-0.1, -0.05) is 6.07 Å². The van der Waals surface area contributed by atoms with Gasteiger partial charge in [0, 0.05) is 17.2 Å². The van der Waals surface area contributed by atoms with Gasteiger partial charge in [-0.3, -0.25) is 0 Å². The molecule has 0 aliphatic heterocycles. The summed E-state index contributed by atoms with van der Waals surface area (Å²) in [5.74, 6) is 0.647. The van der Waals surface area contributed by atoms with Crippen molar-refractivity contribution in [2.75, 3.05) is 13.7 Å². The molecule has 0 spiro atoms. The van der Waals surface area contributed by atoms with E-state index in [1.165, 1.54) is 0 Å². The average Bonchev–Trinajstić information content (AvgIpc) is 2.98. The van der Waals surface area contributed by atoms with Gasteiger partial charge in [0.25, 0.3) is 0 Å². The number of nitrogens with zero attached hydrogens (tertiary/aromatic N) is 1. The molecule has 1 aliphatic rings. The lowest BCUT2D eigenvalue weighted by Gasteiger charge is -2.14. The Balaban J connectivity index is 2.39. The fourth-order valence-electron chi connectivity index (χ4n) is 1.62. The molecule has 0 unspecified atom stereocenters. The minimum atomic E-state index is -0.0559. The Morgan fingerprint density at radius 2 is 2.38 bits per heavy atom. The van der Waals surface area contributed by atoms with Crippen LogP contribution in [0.2, 0.25) is 0 Å². The minimum Gasteiger partial charge on any atom is -0.481 e. The van der Waals surface area contributed by atoms with Crippen molar-refractivity contribution in [2.45, 2.75) is 18.3 Å². The van der Waals surface area contributed by atoms with Crippen LogP contribution < -0.4 is 4.74 Å². The van der Waals surface area contributed by atoms with Crippen LogP contribution in [0.1, 0.15) is 18.4 Å². The number of rotatable bonds is 3. The summed E-state index contributed by atoms with van der Waals surface area (Å²) in [5.41, 5.74) is 0.986. The van der Waals surface area contributed by atoms with Crippen molar-refractivity contribution in [1.29, 1.82) is 0 Å². The Labute approximate surface area is 77.4 Å². The lowest BCUT2D eigenvalue weighted by Crippen LogP contribution is -2.13. The van der Waals surface area contributed by atoms with Crippen molar-refractivity contribution in [1.82, 2.24) is 4.98 Å². The maximum Gasteiger partial charge on any atom is 0.216 e. The Morgan fingerprint density at radius 3 is 2.92 bits per heavy atom. The first-order chi connectivity index (χ1) is 6.32. The van der Waals surface area contributed by atoms with Gasteiger partial charge in [0.15, 0.2) is 0 Å². The van der Waals surface area contributed by atoms with E-state index >= 15 is 0 Å². The van der Waals surface area contributed by atoms with Crippen LogP contribution in [0.5, 0.6) is 5.88 Å². The summed E-state index contributed by atoms with van der Waals surface area (Å²) in [7, 11) is 1.61. The Kier molecular flexibility index (Phi) is 1.96. The van der Waals surface area contributed by atoms with Crippen LogP contribution >= 0.6 is 0 Å². The molecule has 1 saturated carbocycles. The van der Waals surface area contributed by atoms with Crippen LogP contribution in [0, 0.1) is 0 Å². The summed E-state index contributed by atoms with van der Waals surface area (Å²) >= 11 is 0. The molecule has 0 radical (unpaired) electrons. The van der Waals surface area contributed by atoms with E-state index < -0.39 is 0 Å². The Bertz CT molecular complexity index is 308. The SMILES string of the molecule is COc1ncccc1C1(CO)CC1. The molecule has 0 saturated heterocycles. The number of pyridine rings is 1. The monoisotopic (exact) mass is 179 g/mol. The van der Waals surface area contributed by atoms with E-state index in [-0.39, 0.29) is 12.0 Å². The number of aliphatic hydroxyl groups excluding tert-OH is 1. The van der Waals surface area contributed by atoms with Crippen molar-refractivity contribution in [2.24, 2.45) is 0 Å². The molecule has 1 fully saturated rings. The van der Waals surface area contributed by atoms with Crippen molar-refractivity contribution >= 4 is 0 Å². The third kappa shape index (κ3) is 1.29. The first kappa shape index (κ1) is 8.51. The molecule has 0 amide bonds. The average molecular weight is 179 g/mol. The molecule has 1 heterocycles. The van der Waals surface area contributed by atoms with Gasteiger partial charge in [0.1, 0.15) is 0 Å². The van der Waals surface area contributed by atoms with Gasteiger partial charge in [0.2, 0.25) is 5.88 Å². The number of hydrogen-bond acceptors (Lipinski definition) is 3. The van der Waals surface area contributed by atoms with E-state index in [2.05, 4.69) is 4.98 Å². The van der Waals surface area contributed by atoms with Crippen LogP contribution in [0.4, 0.5) is 0 Å². The van der Waals surface area contributed by atoms with E-state index in [1.807, 2.05) is 12.1 Å². The van der Waals surface area contributed by atoms with Gasteiger partial charge in [-0.15, -0.1) is 0 Å². The molecular formula is C10H13NO2. The van der Waals surface area contributed by atoms with Crippen LogP contribution in [-0.2, 0) is 5.41 Å². The molecule has 1 aliphatic carbocycles. The lowest BCUT2D eigenvalue weighted by atomic mass is 9.98. The lowest BCUT2D eigenvalue weighted by molar-refractivity contribution is 0.250. The van der Waals surface area contributed by atoms with Gasteiger partial charge in [-0.2, -0.15) is 0 Å². The van der Waals surface area contributed by atoms with Crippen molar-refractivity contribution < 1.29 is 9.84 Å². The Hall–Kier alpha value is -1.09. The van der Waals surface area contributed by atoms with Gasteiger partial charge >= 0.3 is 0 Å². The number of ether oxygens (including phenoxy) is 1. The third-order valence-electron chi connectivity index (χ3n) is 2.69. The van der Waals surface area contributed by atoms with Crippen LogP contribution in [-0.4, -0.2) is 23.8 Å². The zero-order chi connectivity index (χ0) is 9.31. The first-order valence-electron chi connectivity index (χ1n) is 4.43. The standard InChI is InChI=1S/C10H13NO2/c1-13-9-8(3-2-6-11-9)10(7-12)4-5-10/h2-3,6,12H,4-5,7H2,1H3. The predicted octanol–water partition coefficient (Wildman–Crippen LogP) is 1.11.